The van der Waals surface area contributed by atoms with Gasteiger partial charge in [0, 0.05) is 29.4 Å². The maximum absolute atomic E-state index is 14.6. The van der Waals surface area contributed by atoms with E-state index >= 15 is 0 Å². The number of aromatic hydroxyl groups is 2. The predicted molar refractivity (Wildman–Crippen MR) is 109 cm³/mol. The summed E-state index contributed by atoms with van der Waals surface area (Å²) in [6, 6.07) is 1.46. The van der Waals surface area contributed by atoms with E-state index in [1.807, 2.05) is 13.8 Å². The van der Waals surface area contributed by atoms with Gasteiger partial charge in [-0.2, -0.15) is 8.78 Å². The molecule has 0 spiro atoms. The summed E-state index contributed by atoms with van der Waals surface area (Å²) in [6.45, 7) is 3.41. The SMILES string of the molecule is CC1(C)[C@@H]2C[C@@H]1[C@@H](c1c(O)cc(C(F)(F)C(=O)OCCCCCO[N+](=O)[O-])cc1O)CC2=O. The highest BCUT2D eigenvalue weighted by molar-refractivity contribution is 5.86. The van der Waals surface area contributed by atoms with Gasteiger partial charge in [-0.1, -0.05) is 13.8 Å². The molecule has 0 aromatic heterocycles. The van der Waals surface area contributed by atoms with E-state index in [9.17, 15) is 38.7 Å². The van der Waals surface area contributed by atoms with Gasteiger partial charge in [-0.05, 0) is 49.1 Å². The monoisotopic (exact) mass is 471 g/mol. The van der Waals surface area contributed by atoms with Crippen molar-refractivity contribution in [2.75, 3.05) is 13.2 Å². The van der Waals surface area contributed by atoms with E-state index in [1.54, 1.807) is 0 Å². The molecular weight excluding hydrogens is 444 g/mol. The maximum atomic E-state index is 14.6. The zero-order chi connectivity index (χ0) is 24.6. The third-order valence-electron chi connectivity index (χ3n) is 6.98. The number of halogens is 2. The number of unbranched alkanes of at least 4 members (excludes halogenated alkanes) is 2. The summed E-state index contributed by atoms with van der Waals surface area (Å²) in [5, 5.41) is 30.0. The van der Waals surface area contributed by atoms with Crippen LogP contribution in [0.3, 0.4) is 0 Å². The van der Waals surface area contributed by atoms with E-state index in [1.165, 1.54) is 0 Å². The highest BCUT2D eigenvalue weighted by atomic mass is 19.3. The molecule has 4 rings (SSSR count). The van der Waals surface area contributed by atoms with Gasteiger partial charge in [-0.25, -0.2) is 4.79 Å². The number of hydrogen-bond donors (Lipinski definition) is 2. The molecule has 0 saturated heterocycles. The highest BCUT2D eigenvalue weighted by Gasteiger charge is 2.59. The number of Topliss-reactive ketones (excluding diaryl/α,β-unsaturated/α-hetero) is 1. The number of carbonyl (C=O) groups excluding carboxylic acids is 2. The van der Waals surface area contributed by atoms with Crippen molar-refractivity contribution in [3.05, 3.63) is 33.4 Å². The molecule has 33 heavy (non-hydrogen) atoms. The third kappa shape index (κ3) is 4.72. The molecule has 0 unspecified atom stereocenters. The fourth-order valence-electron chi connectivity index (χ4n) is 5.07. The van der Waals surface area contributed by atoms with Crippen LogP contribution in [0.4, 0.5) is 8.78 Å². The van der Waals surface area contributed by atoms with Gasteiger partial charge in [0.25, 0.3) is 5.09 Å². The summed E-state index contributed by atoms with van der Waals surface area (Å²) in [5.41, 5.74) is -1.18. The van der Waals surface area contributed by atoms with Gasteiger partial charge in [-0.3, -0.25) is 4.79 Å². The van der Waals surface area contributed by atoms with Crippen LogP contribution >= 0.6 is 0 Å². The molecular formula is C22H27F2NO8. The molecule has 2 bridgehead atoms. The number of benzene rings is 1. The van der Waals surface area contributed by atoms with Crippen molar-refractivity contribution in [1.29, 1.82) is 0 Å². The number of esters is 1. The Balaban J connectivity index is 1.65. The van der Waals surface area contributed by atoms with Gasteiger partial charge in [-0.15, -0.1) is 10.1 Å². The van der Waals surface area contributed by atoms with E-state index in [0.29, 0.717) is 19.3 Å². The number of alkyl halides is 2. The lowest BCUT2D eigenvalue weighted by atomic mass is 9.44. The average Bonchev–Trinajstić information content (AvgIpc) is 2.71. The van der Waals surface area contributed by atoms with Crippen molar-refractivity contribution in [2.24, 2.45) is 17.3 Å². The molecule has 3 saturated carbocycles. The van der Waals surface area contributed by atoms with Crippen molar-refractivity contribution in [3.63, 3.8) is 0 Å². The Morgan fingerprint density at radius 3 is 2.36 bits per heavy atom. The number of carbonyl (C=O) groups is 2. The molecule has 3 aliphatic rings. The third-order valence-corrected chi connectivity index (χ3v) is 6.98. The number of fused-ring (bicyclic) bond motifs is 2. The van der Waals surface area contributed by atoms with Crippen LogP contribution in [0.2, 0.25) is 0 Å². The lowest BCUT2D eigenvalue weighted by Crippen LogP contribution is -2.56. The Bertz CT molecular complexity index is 925. The van der Waals surface area contributed by atoms with Crippen molar-refractivity contribution in [1.82, 2.24) is 0 Å². The lowest BCUT2D eigenvalue weighted by Gasteiger charge is -2.59. The number of ether oxygens (including phenoxy) is 1. The van der Waals surface area contributed by atoms with Gasteiger partial charge >= 0.3 is 11.9 Å². The van der Waals surface area contributed by atoms with Gasteiger partial charge in [0.1, 0.15) is 17.3 Å². The Hall–Kier alpha value is -2.98. The first-order valence-corrected chi connectivity index (χ1v) is 10.8. The minimum atomic E-state index is -4.12. The van der Waals surface area contributed by atoms with Crippen LogP contribution < -0.4 is 0 Å². The molecule has 1 aromatic carbocycles. The Kier molecular flexibility index (Phi) is 6.80. The fraction of sp³-hybridized carbons (Fsp3) is 0.636. The average molecular weight is 471 g/mol. The molecule has 0 radical (unpaired) electrons. The first-order valence-electron chi connectivity index (χ1n) is 10.8. The number of rotatable bonds is 10. The second kappa shape index (κ2) is 9.11. The Morgan fingerprint density at radius 2 is 1.82 bits per heavy atom. The minimum absolute atomic E-state index is 0.0177. The number of phenols is 2. The van der Waals surface area contributed by atoms with Crippen LogP contribution in [0.15, 0.2) is 12.1 Å². The number of nitrogens with zero attached hydrogens (tertiary/aromatic N) is 1. The molecule has 1 aromatic rings. The first kappa shape index (κ1) is 24.7. The fourth-order valence-corrected chi connectivity index (χ4v) is 5.07. The molecule has 9 nitrogen and oxygen atoms in total. The topological polar surface area (TPSA) is 136 Å². The number of hydrogen-bond acceptors (Lipinski definition) is 8. The summed E-state index contributed by atoms with van der Waals surface area (Å²) in [4.78, 5) is 38.5. The minimum Gasteiger partial charge on any atom is -0.508 e. The van der Waals surface area contributed by atoms with Crippen LogP contribution in [0, 0.1) is 27.4 Å². The molecule has 3 fully saturated rings. The van der Waals surface area contributed by atoms with Gasteiger partial charge < -0.3 is 19.8 Å². The summed E-state index contributed by atoms with van der Waals surface area (Å²) in [6.07, 6.45) is 1.59. The van der Waals surface area contributed by atoms with Gasteiger partial charge in [0.2, 0.25) is 0 Å². The van der Waals surface area contributed by atoms with Crippen molar-refractivity contribution in [2.45, 2.75) is 57.8 Å². The second-order valence-corrected chi connectivity index (χ2v) is 9.25. The standard InChI is InChI=1S/C22H27F2NO8/c1-21(2)14-11-15(21)16(26)10-13(14)19-17(27)8-12(9-18(19)28)22(23,24)20(29)32-6-4-3-5-7-33-25(30)31/h8-9,13-15,27-28H,3-7,10-11H2,1-2H3/t13-,14+,15+/m0/s1. The van der Waals surface area contributed by atoms with Crippen LogP contribution in [0.5, 0.6) is 11.5 Å². The van der Waals surface area contributed by atoms with E-state index < -0.39 is 40.0 Å². The zero-order valence-corrected chi connectivity index (χ0v) is 18.4. The molecule has 3 atom stereocenters. The molecule has 3 aliphatic carbocycles. The van der Waals surface area contributed by atoms with Gasteiger partial charge in [0.15, 0.2) is 0 Å². The van der Waals surface area contributed by atoms with E-state index in [4.69, 9.17) is 0 Å². The smallest absolute Gasteiger partial charge is 0.381 e. The van der Waals surface area contributed by atoms with Crippen LogP contribution in [0.1, 0.15) is 63.0 Å². The molecule has 0 amide bonds. The molecule has 182 valence electrons. The Labute approximate surface area is 188 Å². The van der Waals surface area contributed by atoms with E-state index in [2.05, 4.69) is 9.57 Å². The maximum Gasteiger partial charge on any atom is 0.381 e. The number of phenolic OH excluding ortho intramolecular Hbond substituents is 2. The quantitative estimate of drug-likeness (QED) is 0.227. The van der Waals surface area contributed by atoms with Crippen molar-refractivity contribution in [3.8, 4) is 11.5 Å². The van der Waals surface area contributed by atoms with E-state index in [0.717, 1.165) is 12.1 Å². The molecule has 0 aliphatic heterocycles. The van der Waals surface area contributed by atoms with Crippen LogP contribution in [0.25, 0.3) is 0 Å². The second-order valence-electron chi connectivity index (χ2n) is 9.25. The lowest BCUT2D eigenvalue weighted by molar-refractivity contribution is -0.757. The molecule has 11 heteroatoms. The summed E-state index contributed by atoms with van der Waals surface area (Å²) >= 11 is 0. The van der Waals surface area contributed by atoms with Crippen LogP contribution in [-0.4, -0.2) is 40.3 Å². The summed E-state index contributed by atoms with van der Waals surface area (Å²) < 4.78 is 33.9. The molecule has 2 N–H and O–H groups in total. The number of ketones is 1. The highest BCUT2D eigenvalue weighted by Crippen LogP contribution is 2.64. The predicted octanol–water partition coefficient (Wildman–Crippen LogP) is 3.83. The summed E-state index contributed by atoms with van der Waals surface area (Å²) in [5.74, 6) is -7.67. The summed E-state index contributed by atoms with van der Waals surface area (Å²) in [7, 11) is 0. The first-order chi connectivity index (χ1) is 15.4. The zero-order valence-electron chi connectivity index (χ0n) is 18.4. The van der Waals surface area contributed by atoms with Crippen molar-refractivity contribution >= 4 is 11.8 Å². The van der Waals surface area contributed by atoms with Crippen molar-refractivity contribution < 1.29 is 43.2 Å². The van der Waals surface area contributed by atoms with Crippen LogP contribution in [-0.2, 0) is 25.1 Å². The van der Waals surface area contributed by atoms with Gasteiger partial charge in [0.05, 0.1) is 13.2 Å². The Morgan fingerprint density at radius 1 is 1.21 bits per heavy atom. The largest absolute Gasteiger partial charge is 0.508 e. The van der Waals surface area contributed by atoms with E-state index in [-0.39, 0.29) is 54.7 Å². The molecule has 0 heterocycles. The normalized spacial score (nSPS) is 23.5.